The molecule has 3 heterocycles. The molecule has 0 atom stereocenters. The monoisotopic (exact) mass is 337 g/mol. The molecule has 2 aromatic carbocycles. The third-order valence-corrected chi connectivity index (χ3v) is 3.94. The zero-order valence-corrected chi connectivity index (χ0v) is 12.9. The molecule has 0 bridgehead atoms. The molecular weight excluding hydrogens is 326 g/mol. The number of ether oxygens (including phenoxy) is 5. The van der Waals surface area contributed by atoms with Crippen molar-refractivity contribution in [2.45, 2.75) is 0 Å². The predicted molar refractivity (Wildman–Crippen MR) is 85.7 cm³/mol. The predicted octanol–water partition coefficient (Wildman–Crippen LogP) is 2.49. The molecule has 25 heavy (non-hydrogen) atoms. The Labute approximate surface area is 142 Å². The zero-order valence-electron chi connectivity index (χ0n) is 12.9. The molecule has 0 fully saturated rings. The summed E-state index contributed by atoms with van der Waals surface area (Å²) in [4.78, 5) is 16.4. The largest absolute Gasteiger partial charge is 0.454 e. The highest BCUT2D eigenvalue weighted by Gasteiger charge is 2.26. The van der Waals surface area contributed by atoms with Crippen LogP contribution in [0.1, 0.15) is 11.1 Å². The van der Waals surface area contributed by atoms with Gasteiger partial charge in [0.1, 0.15) is 0 Å². The van der Waals surface area contributed by atoms with E-state index in [0.717, 1.165) is 5.56 Å². The quantitative estimate of drug-likeness (QED) is 0.619. The Balaban J connectivity index is 1.47. The first-order valence-electron chi connectivity index (χ1n) is 7.58. The van der Waals surface area contributed by atoms with E-state index in [9.17, 15) is 4.79 Å². The van der Waals surface area contributed by atoms with Crippen LogP contribution in [0.5, 0.6) is 23.0 Å². The molecule has 124 valence electrons. The van der Waals surface area contributed by atoms with Gasteiger partial charge >= 0.3 is 5.97 Å². The van der Waals surface area contributed by atoms with Gasteiger partial charge < -0.3 is 23.7 Å². The van der Waals surface area contributed by atoms with Crippen LogP contribution < -0.4 is 18.9 Å². The summed E-state index contributed by atoms with van der Waals surface area (Å²) in [6.45, 7) is 0.379. The minimum absolute atomic E-state index is 0.181. The summed E-state index contributed by atoms with van der Waals surface area (Å²) >= 11 is 0. The molecule has 0 amide bonds. The Morgan fingerprint density at radius 2 is 1.52 bits per heavy atom. The number of esters is 1. The van der Waals surface area contributed by atoms with Gasteiger partial charge in [0.2, 0.25) is 19.5 Å². The van der Waals surface area contributed by atoms with Crippen LogP contribution in [0.3, 0.4) is 0 Å². The lowest BCUT2D eigenvalue weighted by atomic mass is 10.1. The van der Waals surface area contributed by atoms with Crippen molar-refractivity contribution in [3.63, 3.8) is 0 Å². The molecule has 0 saturated carbocycles. The number of fused-ring (bicyclic) bond motifs is 2. The summed E-state index contributed by atoms with van der Waals surface area (Å²) in [5.74, 6) is 2.30. The molecule has 2 aromatic rings. The van der Waals surface area contributed by atoms with Crippen molar-refractivity contribution >= 4 is 17.9 Å². The number of cyclic esters (lactones) is 1. The Hall–Kier alpha value is -3.48. The first kappa shape index (κ1) is 13.9. The standard InChI is InChI=1S/C18H11NO6/c20-18-12(5-10-1-3-13-15(6-10)23-8-21-13)19-17(25-18)11-2-4-14-16(7-11)24-9-22-14/h1-7H,8-9H2. The second kappa shape index (κ2) is 5.27. The number of carbonyl (C=O) groups excluding carboxylic acids is 1. The van der Waals surface area contributed by atoms with E-state index < -0.39 is 5.97 Å². The highest BCUT2D eigenvalue weighted by atomic mass is 16.7. The van der Waals surface area contributed by atoms with Crippen LogP contribution in [-0.4, -0.2) is 25.5 Å². The highest BCUT2D eigenvalue weighted by Crippen LogP contribution is 2.35. The van der Waals surface area contributed by atoms with Gasteiger partial charge in [-0.1, -0.05) is 6.07 Å². The molecule has 0 radical (unpaired) electrons. The first-order chi connectivity index (χ1) is 12.3. The minimum atomic E-state index is -0.509. The van der Waals surface area contributed by atoms with Crippen LogP contribution in [0.15, 0.2) is 47.1 Å². The van der Waals surface area contributed by atoms with E-state index in [0.29, 0.717) is 28.6 Å². The van der Waals surface area contributed by atoms with Crippen molar-refractivity contribution < 1.29 is 28.5 Å². The van der Waals surface area contributed by atoms with E-state index in [1.54, 1.807) is 36.4 Å². The fraction of sp³-hybridized carbons (Fsp3) is 0.111. The Morgan fingerprint density at radius 3 is 2.32 bits per heavy atom. The van der Waals surface area contributed by atoms with E-state index in [4.69, 9.17) is 23.7 Å². The number of aliphatic imine (C=N–C) groups is 1. The number of rotatable bonds is 2. The van der Waals surface area contributed by atoms with E-state index in [2.05, 4.69) is 4.99 Å². The number of benzene rings is 2. The van der Waals surface area contributed by atoms with Crippen molar-refractivity contribution in [1.82, 2.24) is 0 Å². The second-order valence-corrected chi connectivity index (χ2v) is 5.52. The topological polar surface area (TPSA) is 75.6 Å². The van der Waals surface area contributed by atoms with Crippen molar-refractivity contribution in [1.29, 1.82) is 0 Å². The van der Waals surface area contributed by atoms with Gasteiger partial charge in [-0.15, -0.1) is 0 Å². The van der Waals surface area contributed by atoms with Gasteiger partial charge in [-0.2, -0.15) is 0 Å². The maximum absolute atomic E-state index is 12.1. The lowest BCUT2D eigenvalue weighted by Crippen LogP contribution is -2.05. The van der Waals surface area contributed by atoms with Crippen molar-refractivity contribution in [3.8, 4) is 23.0 Å². The van der Waals surface area contributed by atoms with E-state index in [1.807, 2.05) is 6.07 Å². The summed E-state index contributed by atoms with van der Waals surface area (Å²) in [7, 11) is 0. The van der Waals surface area contributed by atoms with Crippen molar-refractivity contribution in [3.05, 3.63) is 53.2 Å². The molecule has 7 nitrogen and oxygen atoms in total. The number of carbonyl (C=O) groups is 1. The van der Waals surface area contributed by atoms with Gasteiger partial charge in [0.25, 0.3) is 0 Å². The average molecular weight is 337 g/mol. The van der Waals surface area contributed by atoms with Gasteiger partial charge in [-0.3, -0.25) is 0 Å². The Bertz CT molecular complexity index is 962. The van der Waals surface area contributed by atoms with Gasteiger partial charge in [0.05, 0.1) is 0 Å². The molecule has 0 unspecified atom stereocenters. The third-order valence-electron chi connectivity index (χ3n) is 3.94. The number of nitrogens with zero attached hydrogens (tertiary/aromatic N) is 1. The van der Waals surface area contributed by atoms with Crippen molar-refractivity contribution in [2.75, 3.05) is 13.6 Å². The van der Waals surface area contributed by atoms with Crippen LogP contribution in [0, 0.1) is 0 Å². The minimum Gasteiger partial charge on any atom is -0.454 e. The number of hydrogen-bond donors (Lipinski definition) is 0. The number of hydrogen-bond acceptors (Lipinski definition) is 7. The molecule has 5 rings (SSSR count). The van der Waals surface area contributed by atoms with Crippen LogP contribution in [0.25, 0.3) is 6.08 Å². The molecule has 3 aliphatic heterocycles. The first-order valence-corrected chi connectivity index (χ1v) is 7.58. The molecule has 0 N–H and O–H groups in total. The summed E-state index contributed by atoms with van der Waals surface area (Å²) < 4.78 is 26.5. The van der Waals surface area contributed by atoms with Gasteiger partial charge in [0.15, 0.2) is 28.7 Å². The summed E-state index contributed by atoms with van der Waals surface area (Å²) in [6.07, 6.45) is 1.64. The molecule has 0 spiro atoms. The maximum atomic E-state index is 12.1. The molecule has 3 aliphatic rings. The summed E-state index contributed by atoms with van der Waals surface area (Å²) in [6, 6.07) is 10.7. The smallest absolute Gasteiger partial charge is 0.363 e. The van der Waals surface area contributed by atoms with E-state index in [-0.39, 0.29) is 25.2 Å². The molecule has 0 saturated heterocycles. The van der Waals surface area contributed by atoms with Crippen molar-refractivity contribution in [2.24, 2.45) is 4.99 Å². The maximum Gasteiger partial charge on any atom is 0.363 e. The second-order valence-electron chi connectivity index (χ2n) is 5.52. The Morgan fingerprint density at radius 1 is 0.840 bits per heavy atom. The molecule has 7 heteroatoms. The van der Waals surface area contributed by atoms with Crippen LogP contribution in [0.2, 0.25) is 0 Å². The van der Waals surface area contributed by atoms with Gasteiger partial charge in [-0.25, -0.2) is 9.79 Å². The van der Waals surface area contributed by atoms with Gasteiger partial charge in [0, 0.05) is 5.56 Å². The van der Waals surface area contributed by atoms with Crippen LogP contribution >= 0.6 is 0 Å². The molecular formula is C18H11NO6. The third kappa shape index (κ3) is 2.37. The van der Waals surface area contributed by atoms with Crippen LogP contribution in [0.4, 0.5) is 0 Å². The average Bonchev–Trinajstić information content (AvgIpc) is 3.34. The normalized spacial score (nSPS) is 18.5. The zero-order chi connectivity index (χ0) is 16.8. The van der Waals surface area contributed by atoms with Crippen LogP contribution in [-0.2, 0) is 9.53 Å². The fourth-order valence-electron chi connectivity index (χ4n) is 2.72. The highest BCUT2D eigenvalue weighted by molar-refractivity contribution is 6.13. The van der Waals surface area contributed by atoms with E-state index in [1.165, 1.54) is 0 Å². The van der Waals surface area contributed by atoms with E-state index >= 15 is 0 Å². The SMILES string of the molecule is O=C1OC(c2ccc3c(c2)OCO3)=NC1=Cc1ccc2c(c1)OCO2. The molecule has 0 aliphatic carbocycles. The summed E-state index contributed by atoms with van der Waals surface area (Å²) in [5.41, 5.74) is 1.63. The lowest BCUT2D eigenvalue weighted by molar-refractivity contribution is -0.129. The lowest BCUT2D eigenvalue weighted by Gasteiger charge is -2.01. The van der Waals surface area contributed by atoms with Gasteiger partial charge in [-0.05, 0) is 42.0 Å². The Kier molecular flexibility index (Phi) is 2.93. The fourth-order valence-corrected chi connectivity index (χ4v) is 2.72. The summed E-state index contributed by atoms with van der Waals surface area (Å²) in [5, 5.41) is 0. The molecule has 0 aromatic heterocycles.